The summed E-state index contributed by atoms with van der Waals surface area (Å²) in [5.74, 6) is 0. The van der Waals surface area contributed by atoms with E-state index < -0.39 is 0 Å². The Morgan fingerprint density at radius 2 is 0.367 bits per heavy atom. The van der Waals surface area contributed by atoms with Crippen molar-refractivity contribution in [1.82, 2.24) is 34.9 Å². The minimum Gasteiger partial charge on any atom is -0.256 e. The van der Waals surface area contributed by atoms with Crippen molar-refractivity contribution in [3.63, 3.8) is 0 Å². The Morgan fingerprint density at radius 1 is 0.107 bits per heavy atom. The van der Waals surface area contributed by atoms with E-state index in [0.717, 1.165) is 188 Å². The fourth-order valence-electron chi connectivity index (χ4n) is 20.7. The SMILES string of the molecule is c1ccc(-c2cccc(-c3ccc4nc(-c5cccc(-c6ccccc6)c5)cc(-c5ccc(-c6ccnc7ccccc67)nc5)c4c3)c2)cc1.c1ccc(-c2cccc(-c3ccc4nc(-c5cccc(-c6ccccc6)c5)cc(-c5ccc(-c6cnc7ccccc7c6)cc5)c4c3)c2)cc1.c1ccc(-c2cccc(-c3ccc4nc(-c5cccc(-c6ccccc6)c5)cc(-c5cccc(-c6ccnc7ccccc67)c5)c4c3)c2)cc1. The van der Waals surface area contributed by atoms with E-state index in [1.807, 2.05) is 67.3 Å². The second kappa shape index (κ2) is 41.4. The van der Waals surface area contributed by atoms with E-state index in [1.165, 1.54) is 77.9 Å². The zero-order valence-corrected chi connectivity index (χ0v) is 82.0. The van der Waals surface area contributed by atoms with Crippen LogP contribution in [0.4, 0.5) is 0 Å². The van der Waals surface area contributed by atoms with Crippen LogP contribution in [-0.2, 0) is 0 Å². The van der Waals surface area contributed by atoms with Gasteiger partial charge in [-0.05, 0) is 284 Å². The number of hydrogen-bond acceptors (Lipinski definition) is 7. The van der Waals surface area contributed by atoms with Gasteiger partial charge in [0, 0.05) is 90.5 Å². The fourth-order valence-corrected chi connectivity index (χ4v) is 20.7. The van der Waals surface area contributed by atoms with Gasteiger partial charge in [0.2, 0.25) is 0 Å². The minimum atomic E-state index is 0.917. The molecule has 20 aromatic carbocycles. The number of nitrogens with zero attached hydrogens (tertiary/aromatic N) is 7. The molecule has 27 aromatic rings. The van der Waals surface area contributed by atoms with Gasteiger partial charge in [0.05, 0.1) is 55.9 Å². The summed E-state index contributed by atoms with van der Waals surface area (Å²) in [6.45, 7) is 0. The zero-order valence-electron chi connectivity index (χ0n) is 82.0. The summed E-state index contributed by atoms with van der Waals surface area (Å²) in [7, 11) is 0. The maximum atomic E-state index is 5.28. The first-order valence-corrected chi connectivity index (χ1v) is 50.8. The quantitative estimate of drug-likeness (QED) is 0.0845. The normalized spacial score (nSPS) is 11.2. The van der Waals surface area contributed by atoms with Crippen LogP contribution in [0.25, 0.3) is 266 Å². The van der Waals surface area contributed by atoms with Crippen LogP contribution in [0.3, 0.4) is 0 Å². The average molecular weight is 1910 g/mol. The van der Waals surface area contributed by atoms with Crippen molar-refractivity contribution < 1.29 is 0 Å². The lowest BCUT2D eigenvalue weighted by atomic mass is 9.92. The van der Waals surface area contributed by atoms with E-state index in [9.17, 15) is 0 Å². The predicted molar refractivity (Wildman–Crippen MR) is 627 cm³/mol. The average Bonchev–Trinajstić information content (AvgIpc) is 0.767. The van der Waals surface area contributed by atoms with Crippen molar-refractivity contribution >= 4 is 65.4 Å². The molecule has 0 spiro atoms. The third-order valence-corrected chi connectivity index (χ3v) is 28.4. The van der Waals surface area contributed by atoms with Gasteiger partial charge in [-0.15, -0.1) is 0 Å². The Labute approximate surface area is 871 Å². The van der Waals surface area contributed by atoms with E-state index in [4.69, 9.17) is 24.9 Å². The van der Waals surface area contributed by atoms with E-state index in [1.54, 1.807) is 0 Å². The van der Waals surface area contributed by atoms with Crippen LogP contribution in [0.15, 0.2) is 577 Å². The molecule has 0 aliphatic rings. The maximum Gasteiger partial charge on any atom is 0.0716 e. The molecule has 0 unspecified atom stereocenters. The molecular formula is C143H95N7. The number of hydrogen-bond donors (Lipinski definition) is 0. The van der Waals surface area contributed by atoms with Gasteiger partial charge >= 0.3 is 0 Å². The Morgan fingerprint density at radius 3 is 0.753 bits per heavy atom. The molecule has 0 aliphatic carbocycles. The molecular weight excluding hydrogens is 1820 g/mol. The van der Waals surface area contributed by atoms with Crippen LogP contribution in [0.5, 0.6) is 0 Å². The standard InChI is InChI=1S/2C48H32N2.C47H31N3/c1-3-12-33(13-4-1)35-16-9-18-37(28-35)38-24-25-47-45(31-38)44(32-48(50-47)41-21-10-17-36(29-41)34-14-5-2-6-15-34)40-20-11-19-39(30-40)42-26-27-49-46-23-8-7-22-43(42)46;1-3-11-33(12-4-1)37-16-9-18-39(27-37)40-25-26-47-45(30-40)44(31-48(50-47)42-19-10-17-38(28-42)34-13-5-2-6-14-34)36-23-21-35(22-24-36)43-29-41-15-7-8-20-46(41)49-32-43;1-3-11-32(12-4-1)34-15-9-17-36(27-34)37-21-24-46-43(29-37)42(30-47(50-46)38-18-10-16-35(28-38)33-13-5-2-6-14-33)39-22-23-45(49-31-39)41-25-26-48-44-20-8-7-19-40(41)44/h2*1-32H;1-31H. The van der Waals surface area contributed by atoms with Gasteiger partial charge in [0.15, 0.2) is 0 Å². The molecule has 0 atom stereocenters. The number of benzene rings is 20. The molecule has 702 valence electrons. The lowest BCUT2D eigenvalue weighted by molar-refractivity contribution is 1.32. The number of fused-ring (bicyclic) bond motifs is 6. The summed E-state index contributed by atoms with van der Waals surface area (Å²) in [5, 5.41) is 6.70. The lowest BCUT2D eigenvalue weighted by Crippen LogP contribution is -1.93. The molecule has 7 aromatic heterocycles. The lowest BCUT2D eigenvalue weighted by Gasteiger charge is -2.15. The summed E-state index contributed by atoms with van der Waals surface area (Å²) < 4.78 is 0. The fraction of sp³-hybridized carbons (Fsp3) is 0. The van der Waals surface area contributed by atoms with Crippen LogP contribution in [0.1, 0.15) is 0 Å². The monoisotopic (exact) mass is 1910 g/mol. The molecule has 0 saturated carbocycles. The molecule has 0 aliphatic heterocycles. The second-order valence-corrected chi connectivity index (χ2v) is 37.8. The van der Waals surface area contributed by atoms with Crippen molar-refractivity contribution in [3.8, 4) is 201 Å². The highest BCUT2D eigenvalue weighted by molar-refractivity contribution is 6.05. The van der Waals surface area contributed by atoms with E-state index >= 15 is 0 Å². The van der Waals surface area contributed by atoms with Gasteiger partial charge in [-0.3, -0.25) is 19.9 Å². The number of rotatable bonds is 18. The number of aromatic nitrogens is 7. The molecule has 0 fully saturated rings. The second-order valence-electron chi connectivity index (χ2n) is 37.8. The van der Waals surface area contributed by atoms with Crippen molar-refractivity contribution in [2.45, 2.75) is 0 Å². The van der Waals surface area contributed by atoms with Gasteiger partial charge in [0.25, 0.3) is 0 Å². The largest absolute Gasteiger partial charge is 0.256 e. The number of para-hydroxylation sites is 3. The molecule has 0 bridgehead atoms. The van der Waals surface area contributed by atoms with Crippen molar-refractivity contribution in [2.24, 2.45) is 0 Å². The molecule has 27 rings (SSSR count). The zero-order chi connectivity index (χ0) is 99.8. The van der Waals surface area contributed by atoms with E-state index in [0.29, 0.717) is 0 Å². The Bertz CT molecular complexity index is 9650. The summed E-state index contributed by atoms with van der Waals surface area (Å²) >= 11 is 0. The highest BCUT2D eigenvalue weighted by Gasteiger charge is 2.21. The first-order chi connectivity index (χ1) is 74.3. The Balaban J connectivity index is 0.000000116. The topological polar surface area (TPSA) is 90.2 Å². The third kappa shape index (κ3) is 19.3. The molecule has 0 radical (unpaired) electrons. The maximum absolute atomic E-state index is 5.28. The Kier molecular flexibility index (Phi) is 25.2. The van der Waals surface area contributed by atoms with Gasteiger partial charge in [-0.1, -0.05) is 413 Å². The molecule has 7 heteroatoms. The molecule has 0 N–H and O–H groups in total. The highest BCUT2D eigenvalue weighted by atomic mass is 14.7. The van der Waals surface area contributed by atoms with E-state index in [2.05, 4.69) is 520 Å². The summed E-state index contributed by atoms with van der Waals surface area (Å²) in [5.41, 5.74) is 46.5. The third-order valence-electron chi connectivity index (χ3n) is 28.4. The summed E-state index contributed by atoms with van der Waals surface area (Å²) in [6.07, 6.45) is 7.71. The number of pyridine rings is 7. The van der Waals surface area contributed by atoms with Crippen LogP contribution in [0, 0.1) is 0 Å². The molecule has 150 heavy (non-hydrogen) atoms. The van der Waals surface area contributed by atoms with Crippen molar-refractivity contribution in [3.05, 3.63) is 577 Å². The minimum absolute atomic E-state index is 0.917. The van der Waals surface area contributed by atoms with Crippen LogP contribution >= 0.6 is 0 Å². The highest BCUT2D eigenvalue weighted by Crippen LogP contribution is 2.45. The van der Waals surface area contributed by atoms with Crippen LogP contribution in [0.2, 0.25) is 0 Å². The van der Waals surface area contributed by atoms with Crippen molar-refractivity contribution in [2.75, 3.05) is 0 Å². The molecule has 7 heterocycles. The van der Waals surface area contributed by atoms with E-state index in [-0.39, 0.29) is 0 Å². The van der Waals surface area contributed by atoms with Gasteiger partial charge < -0.3 is 0 Å². The van der Waals surface area contributed by atoms with Crippen LogP contribution in [-0.4, -0.2) is 34.9 Å². The van der Waals surface area contributed by atoms with Gasteiger partial charge in [-0.25, -0.2) is 15.0 Å². The first kappa shape index (κ1) is 91.2. The van der Waals surface area contributed by atoms with Crippen molar-refractivity contribution in [1.29, 1.82) is 0 Å². The van der Waals surface area contributed by atoms with Gasteiger partial charge in [-0.2, -0.15) is 0 Å². The first-order valence-electron chi connectivity index (χ1n) is 50.8. The predicted octanol–water partition coefficient (Wildman–Crippen LogP) is 37.7. The van der Waals surface area contributed by atoms with Gasteiger partial charge in [0.1, 0.15) is 0 Å². The molecule has 0 saturated heterocycles. The summed E-state index contributed by atoms with van der Waals surface area (Å²) in [6, 6.07) is 195. The Hall–Kier alpha value is -20.0. The smallest absolute Gasteiger partial charge is 0.0716 e. The molecule has 7 nitrogen and oxygen atoms in total. The van der Waals surface area contributed by atoms with Crippen LogP contribution < -0.4 is 0 Å². The summed E-state index contributed by atoms with van der Waals surface area (Å²) in [4.78, 5) is 34.7. The molecule has 0 amide bonds.